The first kappa shape index (κ1) is 17.0. The first-order valence-electron chi connectivity index (χ1n) is 7.10. The summed E-state index contributed by atoms with van der Waals surface area (Å²) in [6.45, 7) is 1.86. The number of nitrogens with zero attached hydrogens (tertiary/aromatic N) is 3. The number of hydrogen-bond donors (Lipinski definition) is 1. The Kier molecular flexibility index (Phi) is 4.73. The number of rotatable bonds is 4. The first-order chi connectivity index (χ1) is 12.0. The number of benzene rings is 2. The number of carbonyl (C=O) groups is 1. The molecule has 0 aliphatic rings. The van der Waals surface area contributed by atoms with E-state index in [-0.39, 0.29) is 16.6 Å². The van der Waals surface area contributed by atoms with Crippen LogP contribution in [-0.2, 0) is 4.79 Å². The molecule has 0 bridgehead atoms. The number of aromatic nitrogens is 2. The minimum absolute atomic E-state index is 0.0462. The van der Waals surface area contributed by atoms with E-state index in [1.54, 1.807) is 6.07 Å². The SMILES string of the molecule is Cc1ccc2nsnc2c1NC(=O)/C=C/c1ccc(Cl)c([N+](=O)[O-])c1. The molecular weight excluding hydrogens is 364 g/mol. The van der Waals surface area contributed by atoms with Crippen LogP contribution in [0, 0.1) is 17.0 Å². The van der Waals surface area contributed by atoms with Gasteiger partial charge >= 0.3 is 0 Å². The highest BCUT2D eigenvalue weighted by Crippen LogP contribution is 2.27. The molecule has 0 saturated carbocycles. The average Bonchev–Trinajstić information content (AvgIpc) is 3.05. The number of nitro benzene ring substituents is 1. The Morgan fingerprint density at radius 2 is 2.12 bits per heavy atom. The van der Waals surface area contributed by atoms with E-state index in [2.05, 4.69) is 14.1 Å². The van der Waals surface area contributed by atoms with E-state index in [0.717, 1.165) is 17.3 Å². The molecule has 2 aromatic carbocycles. The van der Waals surface area contributed by atoms with Crippen LogP contribution >= 0.6 is 23.3 Å². The number of carbonyl (C=O) groups excluding carboxylic acids is 1. The van der Waals surface area contributed by atoms with Gasteiger partial charge in [0.2, 0.25) is 5.91 Å². The second kappa shape index (κ2) is 6.96. The third-order valence-corrected chi connectivity index (χ3v) is 4.34. The first-order valence-corrected chi connectivity index (χ1v) is 8.21. The van der Waals surface area contributed by atoms with Crippen molar-refractivity contribution in [2.24, 2.45) is 0 Å². The average molecular weight is 375 g/mol. The van der Waals surface area contributed by atoms with E-state index in [0.29, 0.717) is 22.3 Å². The van der Waals surface area contributed by atoms with E-state index in [9.17, 15) is 14.9 Å². The van der Waals surface area contributed by atoms with Gasteiger partial charge in [-0.1, -0.05) is 23.7 Å². The molecular formula is C16H11ClN4O3S. The lowest BCUT2D eigenvalue weighted by Gasteiger charge is -2.06. The summed E-state index contributed by atoms with van der Waals surface area (Å²) in [4.78, 5) is 22.5. The zero-order valence-electron chi connectivity index (χ0n) is 12.9. The van der Waals surface area contributed by atoms with Crippen molar-refractivity contribution in [1.82, 2.24) is 8.75 Å². The molecule has 0 spiro atoms. The molecule has 1 aromatic heterocycles. The summed E-state index contributed by atoms with van der Waals surface area (Å²) in [7, 11) is 0. The summed E-state index contributed by atoms with van der Waals surface area (Å²) in [5.41, 5.74) is 3.10. The molecule has 1 N–H and O–H groups in total. The van der Waals surface area contributed by atoms with Gasteiger partial charge in [0.15, 0.2) is 0 Å². The third-order valence-electron chi connectivity index (χ3n) is 3.48. The van der Waals surface area contributed by atoms with E-state index < -0.39 is 4.92 Å². The highest BCUT2D eigenvalue weighted by atomic mass is 35.5. The summed E-state index contributed by atoms with van der Waals surface area (Å²) < 4.78 is 8.33. The number of fused-ring (bicyclic) bond motifs is 1. The fraction of sp³-hybridized carbons (Fsp3) is 0.0625. The second-order valence-electron chi connectivity index (χ2n) is 5.18. The van der Waals surface area contributed by atoms with Gasteiger partial charge in [0.05, 0.1) is 22.3 Å². The zero-order chi connectivity index (χ0) is 18.0. The topological polar surface area (TPSA) is 98.0 Å². The standard InChI is InChI=1S/C16H11ClN4O3S/c1-9-2-6-12-16(20-25-19-12)15(9)18-14(22)7-4-10-3-5-11(17)13(8-10)21(23)24/h2-8H,1H3,(H,18,22)/b7-4+. The van der Waals surface area contributed by atoms with Crippen LogP contribution in [0.1, 0.15) is 11.1 Å². The molecule has 3 rings (SSSR count). The number of aryl methyl sites for hydroxylation is 1. The van der Waals surface area contributed by atoms with Crippen molar-refractivity contribution in [1.29, 1.82) is 0 Å². The predicted molar refractivity (Wildman–Crippen MR) is 97.9 cm³/mol. The molecule has 126 valence electrons. The maximum atomic E-state index is 12.2. The van der Waals surface area contributed by atoms with Crippen molar-refractivity contribution < 1.29 is 9.72 Å². The van der Waals surface area contributed by atoms with Crippen molar-refractivity contribution >= 4 is 57.7 Å². The molecule has 0 fully saturated rings. The predicted octanol–water partition coefficient (Wildman–Crippen LogP) is 4.21. The van der Waals surface area contributed by atoms with Crippen molar-refractivity contribution in [3.8, 4) is 0 Å². The molecule has 0 aliphatic heterocycles. The van der Waals surface area contributed by atoms with Crippen molar-refractivity contribution in [2.75, 3.05) is 5.32 Å². The lowest BCUT2D eigenvalue weighted by molar-refractivity contribution is -0.384. The van der Waals surface area contributed by atoms with Gasteiger partial charge in [0.1, 0.15) is 16.1 Å². The van der Waals surface area contributed by atoms with Gasteiger partial charge in [-0.3, -0.25) is 14.9 Å². The summed E-state index contributed by atoms with van der Waals surface area (Å²) in [5, 5.41) is 13.7. The Labute approximate surface area is 151 Å². The molecule has 9 heteroatoms. The molecule has 3 aromatic rings. The van der Waals surface area contributed by atoms with Gasteiger partial charge in [-0.25, -0.2) is 0 Å². The van der Waals surface area contributed by atoms with E-state index in [1.165, 1.54) is 24.3 Å². The fourth-order valence-electron chi connectivity index (χ4n) is 2.22. The van der Waals surface area contributed by atoms with Gasteiger partial charge in [-0.05, 0) is 36.3 Å². The molecule has 0 saturated heterocycles. The summed E-state index contributed by atoms with van der Waals surface area (Å²) in [6, 6.07) is 8.01. The van der Waals surface area contributed by atoms with Gasteiger partial charge < -0.3 is 5.32 Å². The Bertz CT molecular complexity index is 1020. The lowest BCUT2D eigenvalue weighted by atomic mass is 10.1. The maximum absolute atomic E-state index is 12.2. The van der Waals surface area contributed by atoms with Crippen LogP contribution < -0.4 is 5.32 Å². The van der Waals surface area contributed by atoms with Gasteiger partial charge in [0.25, 0.3) is 5.69 Å². The van der Waals surface area contributed by atoms with E-state index >= 15 is 0 Å². The van der Waals surface area contributed by atoms with Crippen LogP contribution in [0.5, 0.6) is 0 Å². The summed E-state index contributed by atoms with van der Waals surface area (Å²) >= 11 is 6.84. The van der Waals surface area contributed by atoms with Crippen molar-refractivity contribution in [2.45, 2.75) is 6.92 Å². The summed E-state index contributed by atoms with van der Waals surface area (Å²) in [5.74, 6) is -0.374. The largest absolute Gasteiger partial charge is 0.320 e. The third kappa shape index (κ3) is 3.65. The number of nitro groups is 1. The molecule has 1 heterocycles. The van der Waals surface area contributed by atoms with Gasteiger partial charge in [-0.2, -0.15) is 8.75 Å². The van der Waals surface area contributed by atoms with Crippen LogP contribution in [0.4, 0.5) is 11.4 Å². The molecule has 25 heavy (non-hydrogen) atoms. The molecule has 0 unspecified atom stereocenters. The Morgan fingerprint density at radius 3 is 2.88 bits per heavy atom. The molecule has 0 aliphatic carbocycles. The van der Waals surface area contributed by atoms with Gasteiger partial charge in [0, 0.05) is 12.1 Å². The highest BCUT2D eigenvalue weighted by Gasteiger charge is 2.12. The number of anilines is 1. The van der Waals surface area contributed by atoms with E-state index in [4.69, 9.17) is 11.6 Å². The maximum Gasteiger partial charge on any atom is 0.288 e. The Hall–Kier alpha value is -2.84. The minimum atomic E-state index is -0.570. The van der Waals surface area contributed by atoms with Crippen LogP contribution in [0.25, 0.3) is 17.1 Å². The minimum Gasteiger partial charge on any atom is -0.320 e. The smallest absolute Gasteiger partial charge is 0.288 e. The highest BCUT2D eigenvalue weighted by molar-refractivity contribution is 7.00. The molecule has 7 nitrogen and oxygen atoms in total. The second-order valence-corrected chi connectivity index (χ2v) is 6.12. The van der Waals surface area contributed by atoms with E-state index in [1.807, 2.05) is 19.1 Å². The lowest BCUT2D eigenvalue weighted by Crippen LogP contribution is -2.09. The van der Waals surface area contributed by atoms with Crippen molar-refractivity contribution in [3.05, 3.63) is 62.7 Å². The normalized spacial score (nSPS) is 11.1. The Balaban J connectivity index is 1.82. The zero-order valence-corrected chi connectivity index (χ0v) is 14.5. The van der Waals surface area contributed by atoms with Crippen molar-refractivity contribution in [3.63, 3.8) is 0 Å². The van der Waals surface area contributed by atoms with Crippen LogP contribution in [0.2, 0.25) is 5.02 Å². The van der Waals surface area contributed by atoms with Crippen LogP contribution in [0.15, 0.2) is 36.4 Å². The Morgan fingerprint density at radius 1 is 1.32 bits per heavy atom. The number of nitrogens with one attached hydrogen (secondary N) is 1. The molecule has 0 atom stereocenters. The van der Waals surface area contributed by atoms with Crippen LogP contribution in [-0.4, -0.2) is 19.6 Å². The summed E-state index contributed by atoms with van der Waals surface area (Å²) in [6.07, 6.45) is 2.78. The van der Waals surface area contributed by atoms with Gasteiger partial charge in [-0.15, -0.1) is 0 Å². The number of halogens is 1. The van der Waals surface area contributed by atoms with Crippen LogP contribution in [0.3, 0.4) is 0 Å². The monoisotopic (exact) mass is 374 g/mol. The molecule has 0 radical (unpaired) electrons. The fourth-order valence-corrected chi connectivity index (χ4v) is 2.95. The number of amides is 1. The number of hydrogen-bond acceptors (Lipinski definition) is 6. The molecule has 1 amide bonds. The quantitative estimate of drug-likeness (QED) is 0.419.